The first kappa shape index (κ1) is 21.8. The molecule has 0 spiro atoms. The van der Waals surface area contributed by atoms with Crippen LogP contribution in [0.1, 0.15) is 30.5 Å². The summed E-state index contributed by atoms with van der Waals surface area (Å²) in [5, 5.41) is 14.4. The lowest BCUT2D eigenvalue weighted by Crippen LogP contribution is -2.22. The molecule has 0 unspecified atom stereocenters. The molecule has 0 fully saturated rings. The van der Waals surface area contributed by atoms with E-state index in [1.165, 1.54) is 12.1 Å². The summed E-state index contributed by atoms with van der Waals surface area (Å²) in [6.07, 6.45) is 0. The lowest BCUT2D eigenvalue weighted by molar-refractivity contribution is 0.291. The molecule has 0 radical (unpaired) electrons. The van der Waals surface area contributed by atoms with Crippen molar-refractivity contribution < 1.29 is 9.50 Å². The summed E-state index contributed by atoms with van der Waals surface area (Å²) in [4.78, 5) is 7.04. The van der Waals surface area contributed by atoms with Gasteiger partial charge in [-0.25, -0.2) is 9.37 Å². The van der Waals surface area contributed by atoms with E-state index in [2.05, 4.69) is 28.6 Å². The van der Waals surface area contributed by atoms with Crippen LogP contribution in [0.25, 0.3) is 11.0 Å². The summed E-state index contributed by atoms with van der Waals surface area (Å²) in [7, 11) is 0. The number of aromatic nitrogens is 2. The van der Waals surface area contributed by atoms with Crippen LogP contribution < -0.4 is 5.32 Å². The summed E-state index contributed by atoms with van der Waals surface area (Å²) in [5.74, 6) is 0.612. The molecule has 0 saturated heterocycles. The number of nitrogens with zero attached hydrogens (tertiary/aromatic N) is 3. The van der Waals surface area contributed by atoms with E-state index in [1.807, 2.05) is 43.3 Å². The number of anilines is 2. The highest BCUT2D eigenvalue weighted by atomic mass is 19.1. The Morgan fingerprint density at radius 3 is 2.47 bits per heavy atom. The van der Waals surface area contributed by atoms with Crippen molar-refractivity contribution >= 4 is 22.7 Å². The molecule has 0 saturated carbocycles. The van der Waals surface area contributed by atoms with Crippen LogP contribution in [0.3, 0.4) is 0 Å². The summed E-state index contributed by atoms with van der Waals surface area (Å²) >= 11 is 0. The minimum absolute atomic E-state index is 0.239. The smallest absolute Gasteiger partial charge is 0.208 e. The zero-order valence-corrected chi connectivity index (χ0v) is 18.8. The van der Waals surface area contributed by atoms with Crippen molar-refractivity contribution in [3.8, 4) is 5.75 Å². The molecular weight excluding hydrogens is 403 g/mol. The molecule has 1 aromatic heterocycles. The van der Waals surface area contributed by atoms with Crippen molar-refractivity contribution in [1.29, 1.82) is 0 Å². The van der Waals surface area contributed by atoms with Crippen LogP contribution in [0.5, 0.6) is 5.75 Å². The number of rotatable bonds is 8. The summed E-state index contributed by atoms with van der Waals surface area (Å²) in [6, 6.07) is 18.3. The number of hydrogen-bond donors (Lipinski definition) is 2. The zero-order valence-electron chi connectivity index (χ0n) is 18.8. The van der Waals surface area contributed by atoms with Crippen molar-refractivity contribution in [3.63, 3.8) is 0 Å². The number of aromatic hydroxyl groups is 1. The molecule has 5 nitrogen and oxygen atoms in total. The van der Waals surface area contributed by atoms with Crippen LogP contribution in [-0.4, -0.2) is 32.6 Å². The molecule has 4 aromatic rings. The van der Waals surface area contributed by atoms with Crippen LogP contribution in [-0.2, 0) is 13.1 Å². The van der Waals surface area contributed by atoms with Crippen molar-refractivity contribution in [3.05, 3.63) is 83.2 Å². The maximum absolute atomic E-state index is 13.4. The lowest BCUT2D eigenvalue weighted by Gasteiger charge is -2.20. The van der Waals surface area contributed by atoms with Crippen molar-refractivity contribution in [2.24, 2.45) is 0 Å². The second-order valence-corrected chi connectivity index (χ2v) is 8.04. The van der Waals surface area contributed by atoms with Crippen LogP contribution in [0.2, 0.25) is 0 Å². The Balaban J connectivity index is 1.73. The minimum Gasteiger partial charge on any atom is -0.505 e. The summed E-state index contributed by atoms with van der Waals surface area (Å²) < 4.78 is 15.4. The fraction of sp³-hybridized carbons (Fsp3) is 0.269. The standard InChI is InChI=1S/C26H29FN4O/c1-4-30(5-2)17-20-14-18(3)15-23(25(20)32)29-26-28-22-8-6-7-9-24(22)31(26)16-19-10-12-21(27)13-11-19/h6-15,32H,4-5,16-17H2,1-3H3,(H,28,29). The van der Waals surface area contributed by atoms with Gasteiger partial charge in [0.2, 0.25) is 5.95 Å². The first-order chi connectivity index (χ1) is 15.5. The van der Waals surface area contributed by atoms with Crippen molar-refractivity contribution in [2.45, 2.75) is 33.9 Å². The normalized spacial score (nSPS) is 11.4. The van der Waals surface area contributed by atoms with Crippen molar-refractivity contribution in [2.75, 3.05) is 18.4 Å². The highest BCUT2D eigenvalue weighted by molar-refractivity contribution is 5.80. The van der Waals surface area contributed by atoms with E-state index in [1.54, 1.807) is 12.1 Å². The average molecular weight is 433 g/mol. The quantitative estimate of drug-likeness (QED) is 0.344. The average Bonchev–Trinajstić information content (AvgIpc) is 3.13. The van der Waals surface area contributed by atoms with Crippen LogP contribution in [0, 0.1) is 12.7 Å². The third-order valence-electron chi connectivity index (χ3n) is 5.78. The molecule has 3 aromatic carbocycles. The van der Waals surface area contributed by atoms with E-state index in [0.29, 0.717) is 24.7 Å². The van der Waals surface area contributed by atoms with Gasteiger partial charge in [0.25, 0.3) is 0 Å². The number of halogens is 1. The molecule has 6 heteroatoms. The van der Waals surface area contributed by atoms with Gasteiger partial charge in [0.1, 0.15) is 11.6 Å². The topological polar surface area (TPSA) is 53.3 Å². The molecule has 32 heavy (non-hydrogen) atoms. The fourth-order valence-electron chi connectivity index (χ4n) is 3.98. The Kier molecular flexibility index (Phi) is 6.42. The van der Waals surface area contributed by atoms with E-state index in [-0.39, 0.29) is 11.6 Å². The number of para-hydroxylation sites is 2. The third-order valence-corrected chi connectivity index (χ3v) is 5.78. The molecule has 0 aliphatic heterocycles. The van der Waals surface area contributed by atoms with Gasteiger partial charge >= 0.3 is 0 Å². The number of fused-ring (bicyclic) bond motifs is 1. The predicted molar refractivity (Wildman–Crippen MR) is 128 cm³/mol. The number of aryl methyl sites for hydroxylation is 1. The Bertz CT molecular complexity index is 1210. The first-order valence-corrected chi connectivity index (χ1v) is 11.0. The Labute approximate surface area is 188 Å². The molecule has 4 rings (SSSR count). The molecule has 0 aliphatic rings. The molecule has 166 valence electrons. The number of hydrogen-bond acceptors (Lipinski definition) is 4. The Morgan fingerprint density at radius 2 is 1.75 bits per heavy atom. The first-order valence-electron chi connectivity index (χ1n) is 11.0. The van der Waals surface area contributed by atoms with E-state index < -0.39 is 0 Å². The molecular formula is C26H29FN4O. The van der Waals surface area contributed by atoms with E-state index in [9.17, 15) is 9.50 Å². The molecule has 0 bridgehead atoms. The Hall–Kier alpha value is -3.38. The number of phenolic OH excluding ortho intramolecular Hbond substituents is 1. The number of phenols is 1. The van der Waals surface area contributed by atoms with Gasteiger partial charge in [-0.1, -0.05) is 44.2 Å². The van der Waals surface area contributed by atoms with E-state index in [4.69, 9.17) is 4.98 Å². The predicted octanol–water partition coefficient (Wildman–Crippen LogP) is 5.82. The van der Waals surface area contributed by atoms with Gasteiger partial charge in [-0.15, -0.1) is 0 Å². The van der Waals surface area contributed by atoms with Gasteiger partial charge in [0, 0.05) is 12.1 Å². The summed E-state index contributed by atoms with van der Waals surface area (Å²) in [6.45, 7) is 9.31. The van der Waals surface area contributed by atoms with Gasteiger partial charge in [0.15, 0.2) is 0 Å². The van der Waals surface area contributed by atoms with Gasteiger partial charge < -0.3 is 15.0 Å². The van der Waals surface area contributed by atoms with Gasteiger partial charge in [-0.2, -0.15) is 0 Å². The second-order valence-electron chi connectivity index (χ2n) is 8.04. The van der Waals surface area contributed by atoms with Crippen LogP contribution in [0.15, 0.2) is 60.7 Å². The number of benzene rings is 3. The number of imidazole rings is 1. The minimum atomic E-state index is -0.256. The monoisotopic (exact) mass is 432 g/mol. The molecule has 0 atom stereocenters. The third kappa shape index (κ3) is 4.60. The Morgan fingerprint density at radius 1 is 1.03 bits per heavy atom. The molecule has 0 aliphatic carbocycles. The largest absolute Gasteiger partial charge is 0.505 e. The van der Waals surface area contributed by atoms with Gasteiger partial charge in [-0.05, 0) is 61.5 Å². The van der Waals surface area contributed by atoms with E-state index >= 15 is 0 Å². The van der Waals surface area contributed by atoms with Crippen molar-refractivity contribution in [1.82, 2.24) is 14.5 Å². The highest BCUT2D eigenvalue weighted by Crippen LogP contribution is 2.33. The van der Waals surface area contributed by atoms with Gasteiger partial charge in [0.05, 0.1) is 23.3 Å². The van der Waals surface area contributed by atoms with Crippen LogP contribution in [0.4, 0.5) is 16.0 Å². The summed E-state index contributed by atoms with van der Waals surface area (Å²) in [5.41, 5.74) is 5.37. The van der Waals surface area contributed by atoms with Crippen LogP contribution >= 0.6 is 0 Å². The zero-order chi connectivity index (χ0) is 22.7. The fourth-order valence-corrected chi connectivity index (χ4v) is 3.98. The van der Waals surface area contributed by atoms with E-state index in [0.717, 1.165) is 40.8 Å². The SMILES string of the molecule is CCN(CC)Cc1cc(C)cc(Nc2nc3ccccc3n2Cc2ccc(F)cc2)c1O. The molecule has 2 N–H and O–H groups in total. The molecule has 0 amide bonds. The lowest BCUT2D eigenvalue weighted by atomic mass is 10.1. The highest BCUT2D eigenvalue weighted by Gasteiger charge is 2.16. The van der Waals surface area contributed by atoms with Gasteiger partial charge in [-0.3, -0.25) is 4.90 Å². The molecule has 1 heterocycles. The maximum atomic E-state index is 13.4. The number of nitrogens with one attached hydrogen (secondary N) is 1. The maximum Gasteiger partial charge on any atom is 0.208 e. The second kappa shape index (κ2) is 9.40.